The van der Waals surface area contributed by atoms with Crippen molar-refractivity contribution in [3.63, 3.8) is 0 Å². The van der Waals surface area contributed by atoms with Gasteiger partial charge >= 0.3 is 5.69 Å². The maximum atomic E-state index is 13.2. The molecule has 0 spiro atoms. The summed E-state index contributed by atoms with van der Waals surface area (Å²) in [6, 6.07) is 7.82. The van der Waals surface area contributed by atoms with Gasteiger partial charge in [0.15, 0.2) is 5.69 Å². The van der Waals surface area contributed by atoms with E-state index >= 15 is 0 Å². The molecule has 0 aliphatic heterocycles. The van der Waals surface area contributed by atoms with Crippen molar-refractivity contribution in [3.8, 4) is 0 Å². The third-order valence-electron chi connectivity index (χ3n) is 4.62. The Bertz CT molecular complexity index is 1000. The van der Waals surface area contributed by atoms with E-state index in [1.807, 2.05) is 50.1 Å². The van der Waals surface area contributed by atoms with Crippen LogP contribution in [0.3, 0.4) is 0 Å². The Labute approximate surface area is 189 Å². The Morgan fingerprint density at radius 3 is 2.48 bits per heavy atom. The summed E-state index contributed by atoms with van der Waals surface area (Å²) in [5, 5.41) is 0. The molecule has 0 fully saturated rings. The predicted molar refractivity (Wildman–Crippen MR) is 125 cm³/mol. The predicted octanol–water partition coefficient (Wildman–Crippen LogP) is 1.65. The molecule has 0 unspecified atom stereocenters. The lowest BCUT2D eigenvalue weighted by Gasteiger charge is -2.27. The maximum absolute atomic E-state index is 13.2. The van der Waals surface area contributed by atoms with Gasteiger partial charge < -0.3 is 15.4 Å². The van der Waals surface area contributed by atoms with Gasteiger partial charge in [-0.05, 0) is 30.7 Å². The van der Waals surface area contributed by atoms with E-state index in [0.29, 0.717) is 13.1 Å². The highest BCUT2D eigenvalue weighted by molar-refractivity contribution is 9.10. The molecular weight excluding hydrogens is 466 g/mol. The average Bonchev–Trinajstić information content (AvgIpc) is 2.69. The minimum atomic E-state index is -0.692. The van der Waals surface area contributed by atoms with Crippen molar-refractivity contribution < 1.29 is 9.53 Å². The quantitative estimate of drug-likeness (QED) is 0.517. The monoisotopic (exact) mass is 495 g/mol. The number of benzene rings is 1. The number of aromatic amines is 1. The second-order valence-corrected chi connectivity index (χ2v) is 8.75. The summed E-state index contributed by atoms with van der Waals surface area (Å²) in [5.74, 6) is -0.218. The molecule has 0 bridgehead atoms. The average molecular weight is 496 g/mol. The molecule has 9 nitrogen and oxygen atoms in total. The highest BCUT2D eigenvalue weighted by Crippen LogP contribution is 2.18. The molecule has 1 aromatic carbocycles. The zero-order chi connectivity index (χ0) is 23.1. The van der Waals surface area contributed by atoms with Crippen LogP contribution in [0.5, 0.6) is 0 Å². The summed E-state index contributed by atoms with van der Waals surface area (Å²) in [5.41, 5.74) is 5.94. The van der Waals surface area contributed by atoms with Gasteiger partial charge in [0.05, 0.1) is 13.2 Å². The lowest BCUT2D eigenvalue weighted by Crippen LogP contribution is -2.46. The van der Waals surface area contributed by atoms with Gasteiger partial charge in [0.1, 0.15) is 5.82 Å². The summed E-state index contributed by atoms with van der Waals surface area (Å²) < 4.78 is 7.39. The lowest BCUT2D eigenvalue weighted by molar-refractivity contribution is -0.119. The second kappa shape index (κ2) is 11.3. The number of amides is 1. The van der Waals surface area contributed by atoms with Gasteiger partial charge in [-0.25, -0.2) is 4.79 Å². The number of aromatic nitrogens is 2. The van der Waals surface area contributed by atoms with E-state index in [2.05, 4.69) is 20.9 Å². The van der Waals surface area contributed by atoms with Crippen molar-refractivity contribution >= 4 is 33.3 Å². The first-order chi connectivity index (χ1) is 14.6. The Morgan fingerprint density at radius 1 is 1.26 bits per heavy atom. The molecule has 0 radical (unpaired) electrons. The smallest absolute Gasteiger partial charge is 0.330 e. The molecule has 10 heteroatoms. The van der Waals surface area contributed by atoms with Crippen LogP contribution in [0, 0.1) is 5.92 Å². The number of ether oxygens (including phenoxy) is 1. The molecule has 0 aliphatic rings. The topological polar surface area (TPSA) is 114 Å². The van der Waals surface area contributed by atoms with Gasteiger partial charge in [0.2, 0.25) is 5.91 Å². The Kier molecular flexibility index (Phi) is 9.02. The summed E-state index contributed by atoms with van der Waals surface area (Å²) in [6.07, 6.45) is 0. The number of halogens is 1. The highest BCUT2D eigenvalue weighted by Gasteiger charge is 2.25. The molecule has 3 N–H and O–H groups in total. The number of hydrogen-bond donors (Lipinski definition) is 2. The maximum Gasteiger partial charge on any atom is 0.330 e. The van der Waals surface area contributed by atoms with Gasteiger partial charge in [-0.15, -0.1) is 0 Å². The zero-order valence-electron chi connectivity index (χ0n) is 18.4. The van der Waals surface area contributed by atoms with Crippen molar-refractivity contribution in [3.05, 3.63) is 55.1 Å². The molecular formula is C21H30BrN5O4. The van der Waals surface area contributed by atoms with Crippen molar-refractivity contribution in [2.45, 2.75) is 26.9 Å². The third kappa shape index (κ3) is 6.78. The lowest BCUT2D eigenvalue weighted by atomic mass is 10.2. The van der Waals surface area contributed by atoms with Crippen LogP contribution in [-0.2, 0) is 22.6 Å². The summed E-state index contributed by atoms with van der Waals surface area (Å²) in [6.45, 7) is 5.14. The fourth-order valence-electron chi connectivity index (χ4n) is 3.20. The number of rotatable bonds is 10. The molecule has 0 atom stereocenters. The molecule has 0 saturated heterocycles. The number of H-pyrrole nitrogens is 1. The Morgan fingerprint density at radius 2 is 1.90 bits per heavy atom. The molecule has 1 heterocycles. The Balaban J connectivity index is 2.32. The summed E-state index contributed by atoms with van der Waals surface area (Å²) >= 11 is 3.41. The highest BCUT2D eigenvalue weighted by atomic mass is 79.9. The number of carbonyl (C=O) groups excluding carboxylic acids is 1. The van der Waals surface area contributed by atoms with E-state index < -0.39 is 11.2 Å². The number of anilines is 2. The van der Waals surface area contributed by atoms with Crippen LogP contribution in [0.15, 0.2) is 38.3 Å². The molecule has 1 amide bonds. The second-order valence-electron chi connectivity index (χ2n) is 7.83. The fraction of sp³-hybridized carbons (Fsp3) is 0.476. The van der Waals surface area contributed by atoms with Crippen LogP contribution in [0.4, 0.5) is 11.5 Å². The van der Waals surface area contributed by atoms with Gasteiger partial charge in [-0.1, -0.05) is 41.9 Å². The number of carbonyl (C=O) groups is 1. The largest absolute Gasteiger partial charge is 0.383 e. The number of nitrogens with two attached hydrogens (primary N) is 1. The summed E-state index contributed by atoms with van der Waals surface area (Å²) in [7, 11) is 3.33. The van der Waals surface area contributed by atoms with Crippen LogP contribution < -0.4 is 21.9 Å². The number of likely N-dealkylation sites (N-methyl/N-ethyl adjacent to an activating group) is 1. The molecule has 170 valence electrons. The Hall–Kier alpha value is -2.43. The summed E-state index contributed by atoms with van der Waals surface area (Å²) in [4.78, 5) is 43.4. The number of methoxy groups -OCH3 is 1. The van der Waals surface area contributed by atoms with E-state index in [1.165, 1.54) is 16.6 Å². The van der Waals surface area contributed by atoms with E-state index in [0.717, 1.165) is 10.0 Å². The first-order valence-electron chi connectivity index (χ1n) is 9.98. The molecule has 31 heavy (non-hydrogen) atoms. The van der Waals surface area contributed by atoms with E-state index in [1.54, 1.807) is 0 Å². The van der Waals surface area contributed by atoms with Gasteiger partial charge in [-0.3, -0.25) is 24.0 Å². The minimum Gasteiger partial charge on any atom is -0.383 e. The molecule has 0 aliphatic carbocycles. The molecule has 2 aromatic rings. The fourth-order valence-corrected chi connectivity index (χ4v) is 3.47. The number of nitrogens with zero attached hydrogens (tertiary/aromatic N) is 3. The van der Waals surface area contributed by atoms with Crippen molar-refractivity contribution in [1.82, 2.24) is 14.5 Å². The van der Waals surface area contributed by atoms with Crippen LogP contribution in [0.25, 0.3) is 0 Å². The molecule has 1 aromatic heterocycles. The van der Waals surface area contributed by atoms with Crippen LogP contribution in [0.1, 0.15) is 19.4 Å². The van der Waals surface area contributed by atoms with Gasteiger partial charge in [-0.2, -0.15) is 0 Å². The SMILES string of the molecule is COCCN(C(=O)CN(C)Cc1ccc(Br)cc1)c1c(N)n(CC(C)C)c(=O)[nH]c1=O. The van der Waals surface area contributed by atoms with Crippen molar-refractivity contribution in [2.24, 2.45) is 5.92 Å². The van der Waals surface area contributed by atoms with E-state index in [4.69, 9.17) is 10.5 Å². The standard InChI is InChI=1S/C21H30BrN5O4/c1-14(2)11-27-19(23)18(20(29)24-21(27)30)26(9-10-31-4)17(28)13-25(3)12-15-5-7-16(22)8-6-15/h5-8,14H,9-13,23H2,1-4H3,(H,24,29,30). The normalized spacial score (nSPS) is 11.3. The van der Waals surface area contributed by atoms with Gasteiger partial charge in [0, 0.05) is 31.2 Å². The van der Waals surface area contributed by atoms with Crippen LogP contribution in [0.2, 0.25) is 0 Å². The number of nitrogens with one attached hydrogen (secondary N) is 1. The number of nitrogen functional groups attached to an aromatic ring is 1. The minimum absolute atomic E-state index is 0.0255. The van der Waals surface area contributed by atoms with Crippen LogP contribution >= 0.6 is 15.9 Å². The molecule has 0 saturated carbocycles. The van der Waals surface area contributed by atoms with Crippen molar-refractivity contribution in [1.29, 1.82) is 0 Å². The van der Waals surface area contributed by atoms with Crippen molar-refractivity contribution in [2.75, 3.05) is 44.5 Å². The number of hydrogen-bond acceptors (Lipinski definition) is 6. The van der Waals surface area contributed by atoms with Gasteiger partial charge in [0.25, 0.3) is 5.56 Å². The van der Waals surface area contributed by atoms with E-state index in [9.17, 15) is 14.4 Å². The zero-order valence-corrected chi connectivity index (χ0v) is 19.9. The van der Waals surface area contributed by atoms with Crippen LogP contribution in [-0.4, -0.2) is 54.2 Å². The third-order valence-corrected chi connectivity index (χ3v) is 5.15. The first-order valence-corrected chi connectivity index (χ1v) is 10.8. The first kappa shape index (κ1) is 24.8. The van der Waals surface area contributed by atoms with E-state index in [-0.39, 0.29) is 43.0 Å². The molecule has 2 rings (SSSR count).